The van der Waals surface area contributed by atoms with E-state index in [0.29, 0.717) is 0 Å². The van der Waals surface area contributed by atoms with Crippen molar-refractivity contribution in [1.29, 1.82) is 0 Å². The Morgan fingerprint density at radius 3 is 1.08 bits per heavy atom. The molecule has 0 N–H and O–H groups in total. The number of rotatable bonds is 0. The predicted molar refractivity (Wildman–Crippen MR) is 104 cm³/mol. The Balaban J connectivity index is 0.000000285. The molecule has 0 atom stereocenters. The van der Waals surface area contributed by atoms with E-state index in [2.05, 4.69) is 44.0 Å². The van der Waals surface area contributed by atoms with Gasteiger partial charge in [-0.15, -0.1) is 12.8 Å². The molecule has 0 nitrogen and oxygen atoms in total. The van der Waals surface area contributed by atoms with E-state index >= 15 is 0 Å². The number of allylic oxidation sites excluding steroid dienone is 8. The average molecular weight is 416 g/mol. The van der Waals surface area contributed by atoms with Gasteiger partial charge in [0, 0.05) is 0 Å². The van der Waals surface area contributed by atoms with Crippen molar-refractivity contribution in [2.75, 3.05) is 0 Å². The van der Waals surface area contributed by atoms with E-state index in [4.69, 9.17) is 0 Å². The Morgan fingerprint density at radius 1 is 0.625 bits per heavy atom. The third kappa shape index (κ3) is 20.1. The van der Waals surface area contributed by atoms with Crippen LogP contribution in [0.1, 0.15) is 77.0 Å². The van der Waals surface area contributed by atoms with Gasteiger partial charge in [-0.3, -0.25) is 12.2 Å². The van der Waals surface area contributed by atoms with E-state index < -0.39 is 0 Å². The molecule has 2 heteroatoms. The van der Waals surface area contributed by atoms with Crippen molar-refractivity contribution < 1.29 is 23.3 Å². The molecule has 0 aliphatic heterocycles. The first kappa shape index (κ1) is 24.1. The fraction of sp³-hybridized carbons (Fsp3) is 0.545. The van der Waals surface area contributed by atoms with E-state index in [0.717, 1.165) is 12.8 Å². The standard InChI is InChI=1S/2C6H11.2C5H5.Si.Zr/c2*1-2-4-6-5-3-1;2*1-2-4-5-3-1;;/h2*1H,2-6H2;2*1-3H,4H2;;/q4*-1;;. The van der Waals surface area contributed by atoms with Gasteiger partial charge in [0.1, 0.15) is 0 Å². The zero-order chi connectivity index (χ0) is 17.6. The van der Waals surface area contributed by atoms with Gasteiger partial charge < -0.3 is 12.8 Å². The van der Waals surface area contributed by atoms with E-state index in [1.54, 1.807) is 0 Å². The fourth-order valence-corrected chi connectivity index (χ4v) is 2.48. The van der Waals surface area contributed by atoms with Crippen molar-refractivity contribution in [1.82, 2.24) is 0 Å². The summed E-state index contributed by atoms with van der Waals surface area (Å²) in [5.41, 5.74) is 0. The molecule has 2 fully saturated rings. The quantitative estimate of drug-likeness (QED) is 0.311. The van der Waals surface area contributed by atoms with Crippen molar-refractivity contribution in [3.63, 3.8) is 0 Å². The zero-order valence-electron chi connectivity index (χ0n) is 15.1. The van der Waals surface area contributed by atoms with Crippen molar-refractivity contribution in [2.45, 2.75) is 77.0 Å². The molecule has 0 aromatic rings. The fourth-order valence-electron chi connectivity index (χ4n) is 2.48. The number of hydrogen-bond acceptors (Lipinski definition) is 0. The molecule has 0 aromatic heterocycles. The summed E-state index contributed by atoms with van der Waals surface area (Å²) >= 11 is 1.36. The second kappa shape index (κ2) is 23.1. The Morgan fingerprint density at radius 2 is 1.00 bits per heavy atom. The van der Waals surface area contributed by atoms with Crippen LogP contribution in [0.15, 0.2) is 36.5 Å². The summed E-state index contributed by atoms with van der Waals surface area (Å²) in [5, 5.41) is 0. The van der Waals surface area contributed by atoms with Crippen LogP contribution < -0.4 is 0 Å². The van der Waals surface area contributed by atoms with Crippen LogP contribution in [0.2, 0.25) is 0 Å². The summed E-state index contributed by atoms with van der Waals surface area (Å²) in [6.07, 6.45) is 39.0. The Kier molecular flexibility index (Phi) is 23.1. The molecule has 0 unspecified atom stereocenters. The van der Waals surface area contributed by atoms with Gasteiger partial charge >= 0.3 is 30.2 Å². The molecule has 2 radical (unpaired) electrons. The van der Waals surface area contributed by atoms with E-state index in [1.165, 1.54) is 87.5 Å². The van der Waals surface area contributed by atoms with Gasteiger partial charge in [-0.1, -0.05) is 38.5 Å². The molecule has 0 heterocycles. The first-order valence-electron chi connectivity index (χ1n) is 9.32. The van der Waals surface area contributed by atoms with Crippen molar-refractivity contribution in [2.24, 2.45) is 0 Å². The minimum absolute atomic E-state index is 1.01. The Labute approximate surface area is 168 Å². The van der Waals surface area contributed by atoms with E-state index in [-0.39, 0.29) is 0 Å². The first-order valence-corrected chi connectivity index (χ1v) is 13.5. The molecule has 24 heavy (non-hydrogen) atoms. The molecule has 4 aliphatic carbocycles. The third-order valence-electron chi connectivity index (χ3n) is 3.80. The van der Waals surface area contributed by atoms with Gasteiger partial charge in [-0.2, -0.15) is 37.8 Å². The summed E-state index contributed by atoms with van der Waals surface area (Å²) < 4.78 is 0. The first-order chi connectivity index (χ1) is 12.0. The third-order valence-corrected chi connectivity index (χ3v) is 3.80. The van der Waals surface area contributed by atoms with Crippen LogP contribution in [0.5, 0.6) is 0 Å². The summed E-state index contributed by atoms with van der Waals surface area (Å²) in [6.45, 7) is 3.06. The molecule has 4 aliphatic rings. The molecule has 4 rings (SSSR count). The minimum atomic E-state index is 1.01. The van der Waals surface area contributed by atoms with Crippen molar-refractivity contribution in [3.05, 3.63) is 61.4 Å². The van der Waals surface area contributed by atoms with Gasteiger partial charge in [-0.05, 0) is 0 Å². The van der Waals surface area contributed by atoms with Gasteiger partial charge in [0.25, 0.3) is 0 Å². The average Bonchev–Trinajstić information content (AvgIpc) is 3.45. The molecular weight excluding hydrogens is 384 g/mol. The molecule has 0 spiro atoms. The van der Waals surface area contributed by atoms with Crippen LogP contribution in [0.4, 0.5) is 0 Å². The molecule has 2 saturated carbocycles. The van der Waals surface area contributed by atoms with Gasteiger partial charge in [0.05, 0.1) is 0 Å². The maximum atomic E-state index is 3.06. The molecule has 0 aromatic carbocycles. The second-order valence-corrected chi connectivity index (χ2v) is 5.86. The van der Waals surface area contributed by atoms with Crippen molar-refractivity contribution in [3.8, 4) is 0 Å². The predicted octanol–water partition coefficient (Wildman–Crippen LogP) is 6.54. The Bertz CT molecular complexity index is 270. The summed E-state index contributed by atoms with van der Waals surface area (Å²) in [6, 6.07) is 0. The number of hydrogen-bond donors (Lipinski definition) is 0. The molecule has 0 amide bonds. The summed E-state index contributed by atoms with van der Waals surface area (Å²) in [7, 11) is 0. The van der Waals surface area contributed by atoms with Crippen molar-refractivity contribution >= 4 is 6.88 Å². The summed E-state index contributed by atoms with van der Waals surface area (Å²) in [4.78, 5) is 0. The summed E-state index contributed by atoms with van der Waals surface area (Å²) in [5.74, 6) is 0. The Hall–Kier alpha value is 0.0600. The zero-order valence-corrected chi connectivity index (χ0v) is 18.6. The van der Waals surface area contributed by atoms with E-state index in [1.807, 2.05) is 24.3 Å². The monoisotopic (exact) mass is 414 g/mol. The molecular formula is C22H32SiZr-4. The maximum absolute atomic E-state index is 3.06. The van der Waals surface area contributed by atoms with Crippen LogP contribution in [-0.4, -0.2) is 6.88 Å². The molecule has 0 saturated heterocycles. The van der Waals surface area contributed by atoms with Crippen LogP contribution in [0, 0.1) is 25.0 Å². The van der Waals surface area contributed by atoms with E-state index in [9.17, 15) is 0 Å². The topological polar surface area (TPSA) is 0 Å². The van der Waals surface area contributed by atoms with Gasteiger partial charge in [0.15, 0.2) is 0 Å². The van der Waals surface area contributed by atoms with Crippen LogP contribution in [0.25, 0.3) is 0 Å². The second-order valence-electron chi connectivity index (χ2n) is 5.86. The SMILES string of the molecule is [C-]1=CC=CC1.[C-]1=CC=CC1.[CH-]1CCCCC1.[CH-]1CCCCC1.[Si]=[Zr]. The normalized spacial score (nSPS) is 19.5. The van der Waals surface area contributed by atoms with Gasteiger partial charge in [0.2, 0.25) is 0 Å². The van der Waals surface area contributed by atoms with Crippen LogP contribution >= 0.6 is 0 Å². The molecule has 132 valence electrons. The van der Waals surface area contributed by atoms with Crippen LogP contribution in [-0.2, 0) is 23.3 Å². The van der Waals surface area contributed by atoms with Gasteiger partial charge in [-0.25, -0.2) is 24.3 Å². The molecule has 0 bridgehead atoms. The van der Waals surface area contributed by atoms with Crippen LogP contribution in [0.3, 0.4) is 0 Å².